The Hall–Kier alpha value is -4.07. The van der Waals surface area contributed by atoms with Crippen LogP contribution >= 0.6 is 0 Å². The Kier molecular flexibility index (Phi) is 12.4. The highest BCUT2D eigenvalue weighted by Gasteiger charge is 2.47. The van der Waals surface area contributed by atoms with Crippen molar-refractivity contribution < 1.29 is 36.7 Å². The van der Waals surface area contributed by atoms with Crippen LogP contribution in [0.2, 0.25) is 0 Å². The van der Waals surface area contributed by atoms with Crippen molar-refractivity contribution in [1.82, 2.24) is 19.9 Å². The number of sulfonamides is 1. The number of alkyl halides is 1. The highest BCUT2D eigenvalue weighted by Crippen LogP contribution is 2.41. The number of carbonyl (C=O) groups excluding carboxylic acids is 4. The van der Waals surface area contributed by atoms with E-state index in [1.165, 1.54) is 42.6 Å². The van der Waals surface area contributed by atoms with Crippen molar-refractivity contribution in [3.63, 3.8) is 0 Å². The molecule has 2 heterocycles. The van der Waals surface area contributed by atoms with Gasteiger partial charge in [0.05, 0.1) is 6.04 Å². The molecule has 3 atom stereocenters. The van der Waals surface area contributed by atoms with E-state index in [9.17, 15) is 32.0 Å². The third kappa shape index (κ3) is 9.84. The number of nitrogens with one attached hydrogen (secondary N) is 3. The lowest BCUT2D eigenvalue weighted by Crippen LogP contribution is -2.50. The largest absolute Gasteiger partial charge is 0.444 e. The van der Waals surface area contributed by atoms with E-state index in [4.69, 9.17) is 4.74 Å². The van der Waals surface area contributed by atoms with Crippen LogP contribution in [0.4, 0.5) is 14.9 Å². The molecule has 0 unspecified atom stereocenters. The molecule has 1 saturated heterocycles. The normalized spacial score (nSPS) is 23.6. The fraction of sp³-hybridized carbons (Fsp3) is 0.595. The second kappa shape index (κ2) is 16.5. The Morgan fingerprint density at radius 1 is 0.941 bits per heavy atom. The summed E-state index contributed by atoms with van der Waals surface area (Å²) in [5.74, 6) is -1.27. The number of nitrogens with zero attached hydrogens (tertiary/aromatic N) is 2. The Morgan fingerprint density at radius 2 is 1.63 bits per heavy atom. The van der Waals surface area contributed by atoms with Gasteiger partial charge in [0.25, 0.3) is 15.9 Å². The quantitative estimate of drug-likeness (QED) is 0.285. The van der Waals surface area contributed by atoms with Gasteiger partial charge < -0.3 is 20.3 Å². The molecule has 12 nitrogen and oxygen atoms in total. The Morgan fingerprint density at radius 3 is 2.24 bits per heavy atom. The maximum absolute atomic E-state index is 14.1. The maximum Gasteiger partial charge on any atom is 0.407 e. The second-order valence-corrected chi connectivity index (χ2v) is 16.6. The smallest absolute Gasteiger partial charge is 0.407 e. The van der Waals surface area contributed by atoms with E-state index in [0.717, 1.165) is 38.5 Å². The van der Waals surface area contributed by atoms with Crippen molar-refractivity contribution in [2.75, 3.05) is 18.5 Å². The molecule has 1 aromatic heterocycles. The van der Waals surface area contributed by atoms with E-state index in [1.807, 2.05) is 4.72 Å². The van der Waals surface area contributed by atoms with Crippen molar-refractivity contribution in [3.05, 3.63) is 54.2 Å². The van der Waals surface area contributed by atoms with Crippen molar-refractivity contribution >= 4 is 39.5 Å². The first-order chi connectivity index (χ1) is 24.3. The molecule has 1 aliphatic heterocycles. The molecular weight excluding hydrogens is 678 g/mol. The molecule has 0 bridgehead atoms. The molecule has 3 N–H and O–H groups in total. The average molecular weight is 728 g/mol. The van der Waals surface area contributed by atoms with Gasteiger partial charge in [0.2, 0.25) is 11.8 Å². The topological polar surface area (TPSA) is 164 Å². The minimum absolute atomic E-state index is 0.0152. The number of rotatable bonds is 10. The van der Waals surface area contributed by atoms with Gasteiger partial charge in [-0.15, -0.1) is 0 Å². The van der Waals surface area contributed by atoms with Gasteiger partial charge in [0, 0.05) is 29.9 Å². The number of hydrogen-bond donors (Lipinski definition) is 3. The summed E-state index contributed by atoms with van der Waals surface area (Å²) in [5, 5.41) is 5.35. The summed E-state index contributed by atoms with van der Waals surface area (Å²) in [4.78, 5) is 58.7. The summed E-state index contributed by atoms with van der Waals surface area (Å²) in [7, 11) is -4.16. The minimum atomic E-state index is -4.16. The molecule has 51 heavy (non-hydrogen) atoms. The van der Waals surface area contributed by atoms with Crippen LogP contribution in [0.5, 0.6) is 0 Å². The molecule has 1 aromatic carbocycles. The molecule has 0 spiro atoms. The SMILES string of the molecule is CC(C)(C)OC(=O)N[C@H](CF)[C@H]1CC[C@H](C(=O)N2CC[C@@H](C3CCCCC3)[C@H]2C(=O)Nc2ccc(C(=O)NS(=O)(=O)c3ccccn3)cc2)CC1. The zero-order chi connectivity index (χ0) is 36.8. The number of amides is 4. The van der Waals surface area contributed by atoms with Gasteiger partial charge in [0.15, 0.2) is 5.03 Å². The van der Waals surface area contributed by atoms with Crippen LogP contribution in [0.15, 0.2) is 53.7 Å². The highest BCUT2D eigenvalue weighted by molar-refractivity contribution is 7.90. The Bertz CT molecular complexity index is 1640. The number of alkyl carbamates (subject to hydrolysis) is 1. The Balaban J connectivity index is 1.23. The molecule has 2 aliphatic carbocycles. The first-order valence-corrected chi connectivity index (χ1v) is 19.5. The number of aromatic nitrogens is 1. The molecule has 0 radical (unpaired) electrons. The predicted octanol–water partition coefficient (Wildman–Crippen LogP) is 5.61. The standard InChI is InChI=1S/C37H50FN5O7S/c1-37(2,3)50-36(47)41-30(23-38)25-12-14-27(15-13-25)35(46)43-22-20-29(24-9-5-4-6-10-24)32(43)34(45)40-28-18-16-26(17-19-28)33(44)42-51(48,49)31-11-7-8-21-39-31/h7-8,11,16-19,21,24-25,27,29-30,32H,4-6,9-10,12-15,20,22-23H2,1-3H3,(H,40,45)(H,41,47)(H,42,44)/t25-,27-,29-,30+,32-/m0/s1. The van der Waals surface area contributed by atoms with Crippen LogP contribution in [0.25, 0.3) is 0 Å². The van der Waals surface area contributed by atoms with Gasteiger partial charge in [0.1, 0.15) is 18.3 Å². The zero-order valence-corrected chi connectivity index (χ0v) is 30.4. The molecular formula is C37H50FN5O7S. The number of benzene rings is 1. The van der Waals surface area contributed by atoms with Gasteiger partial charge in [-0.2, -0.15) is 8.42 Å². The van der Waals surface area contributed by atoms with Gasteiger partial charge in [-0.1, -0.05) is 38.2 Å². The third-order valence-corrected chi connectivity index (χ3v) is 11.6. The number of hydrogen-bond acceptors (Lipinski definition) is 8. The average Bonchev–Trinajstić information content (AvgIpc) is 3.56. The lowest BCUT2D eigenvalue weighted by molar-refractivity contribution is -0.142. The summed E-state index contributed by atoms with van der Waals surface area (Å²) >= 11 is 0. The van der Waals surface area contributed by atoms with Crippen LogP contribution in [-0.2, 0) is 24.3 Å². The molecule has 2 saturated carbocycles. The summed E-state index contributed by atoms with van der Waals surface area (Å²) in [6, 6.07) is 8.92. The molecule has 4 amide bonds. The maximum atomic E-state index is 14.1. The van der Waals surface area contributed by atoms with Crippen LogP contribution < -0.4 is 15.4 Å². The second-order valence-electron chi connectivity index (χ2n) is 15.0. The number of halogens is 1. The summed E-state index contributed by atoms with van der Waals surface area (Å²) in [5.41, 5.74) is -0.201. The first kappa shape index (κ1) is 38.2. The monoisotopic (exact) mass is 727 g/mol. The van der Waals surface area contributed by atoms with Crippen molar-refractivity contribution in [2.45, 2.75) is 108 Å². The van der Waals surface area contributed by atoms with Crippen molar-refractivity contribution in [2.24, 2.45) is 23.7 Å². The molecule has 3 aliphatic rings. The van der Waals surface area contributed by atoms with Crippen LogP contribution in [0, 0.1) is 23.7 Å². The molecule has 14 heteroatoms. The van der Waals surface area contributed by atoms with Gasteiger partial charge in [-0.25, -0.2) is 18.9 Å². The molecule has 3 fully saturated rings. The zero-order valence-electron chi connectivity index (χ0n) is 29.6. The van der Waals surface area contributed by atoms with Crippen LogP contribution in [0.1, 0.15) is 95.3 Å². The van der Waals surface area contributed by atoms with E-state index in [1.54, 1.807) is 31.7 Å². The van der Waals surface area contributed by atoms with Gasteiger partial charge in [-0.05, 0) is 107 Å². The molecule has 278 valence electrons. The van der Waals surface area contributed by atoms with Crippen LogP contribution in [0.3, 0.4) is 0 Å². The fourth-order valence-corrected chi connectivity index (χ4v) is 8.78. The lowest BCUT2D eigenvalue weighted by Gasteiger charge is -2.37. The van der Waals surface area contributed by atoms with Crippen molar-refractivity contribution in [1.29, 1.82) is 0 Å². The van der Waals surface area contributed by atoms with E-state index < -0.39 is 46.4 Å². The van der Waals surface area contributed by atoms with E-state index >= 15 is 0 Å². The molecule has 2 aromatic rings. The van der Waals surface area contributed by atoms with E-state index in [-0.39, 0.29) is 40.2 Å². The number of carbonyl (C=O) groups is 4. The summed E-state index contributed by atoms with van der Waals surface area (Å²) < 4.78 is 46.5. The lowest BCUT2D eigenvalue weighted by atomic mass is 9.76. The van der Waals surface area contributed by atoms with Crippen molar-refractivity contribution in [3.8, 4) is 0 Å². The summed E-state index contributed by atoms with van der Waals surface area (Å²) in [6.45, 7) is 5.00. The summed E-state index contributed by atoms with van der Waals surface area (Å²) in [6.07, 6.45) is 9.00. The number of anilines is 1. The molecule has 5 rings (SSSR count). The third-order valence-electron chi connectivity index (χ3n) is 10.4. The van der Waals surface area contributed by atoms with Gasteiger partial charge >= 0.3 is 6.09 Å². The predicted molar refractivity (Wildman–Crippen MR) is 189 cm³/mol. The van der Waals surface area contributed by atoms with Gasteiger partial charge in [-0.3, -0.25) is 14.4 Å². The fourth-order valence-electron chi connectivity index (χ4n) is 7.86. The van der Waals surface area contributed by atoms with E-state index in [2.05, 4.69) is 15.6 Å². The minimum Gasteiger partial charge on any atom is -0.444 e. The highest BCUT2D eigenvalue weighted by atomic mass is 32.2. The number of ether oxygens (including phenoxy) is 1. The van der Waals surface area contributed by atoms with E-state index in [0.29, 0.717) is 43.8 Å². The number of pyridine rings is 1. The Labute approximate surface area is 299 Å². The first-order valence-electron chi connectivity index (χ1n) is 18.0. The number of likely N-dealkylation sites (tertiary alicyclic amines) is 1. The van der Waals surface area contributed by atoms with Crippen LogP contribution in [-0.4, -0.2) is 73.0 Å².